The first-order valence-electron chi connectivity index (χ1n) is 4.41. The third kappa shape index (κ3) is 2.88. The predicted octanol–water partition coefficient (Wildman–Crippen LogP) is 2.90. The van der Waals surface area contributed by atoms with Gasteiger partial charge in [-0.15, -0.1) is 16.4 Å². The number of nitrogens with zero attached hydrogens (tertiary/aromatic N) is 2. The van der Waals surface area contributed by atoms with Gasteiger partial charge in [-0.25, -0.2) is 0 Å². The quantitative estimate of drug-likeness (QED) is 0.882. The summed E-state index contributed by atoms with van der Waals surface area (Å²) in [5.41, 5.74) is 0.310. The molecule has 0 atom stereocenters. The van der Waals surface area contributed by atoms with Gasteiger partial charge in [0.15, 0.2) is 0 Å². The number of aromatic nitrogens is 3. The van der Waals surface area contributed by atoms with Crippen molar-refractivity contribution in [2.45, 2.75) is 6.18 Å². The Kier molecular flexibility index (Phi) is 3.39. The maximum absolute atomic E-state index is 12.2. The Balaban J connectivity index is 2.10. The number of halogens is 4. The zero-order valence-electron chi connectivity index (χ0n) is 8.38. The fraction of sp³-hybridized carbons (Fsp3) is 0.125. The summed E-state index contributed by atoms with van der Waals surface area (Å²) in [6, 6.07) is 1.54. The Morgan fingerprint density at radius 2 is 2.22 bits per heavy atom. The second-order valence-corrected chi connectivity index (χ2v) is 5.39. The van der Waals surface area contributed by atoms with Crippen LogP contribution in [0, 0.1) is 0 Å². The van der Waals surface area contributed by atoms with Crippen LogP contribution in [-0.2, 0) is 6.18 Å². The van der Waals surface area contributed by atoms with Crippen molar-refractivity contribution in [2.24, 2.45) is 0 Å². The van der Waals surface area contributed by atoms with Crippen molar-refractivity contribution in [3.63, 3.8) is 0 Å². The van der Waals surface area contributed by atoms with Crippen molar-refractivity contribution < 1.29 is 18.0 Å². The molecule has 5 nitrogen and oxygen atoms in total. The fourth-order valence-electron chi connectivity index (χ4n) is 1.05. The van der Waals surface area contributed by atoms with E-state index in [0.717, 1.165) is 3.79 Å². The molecule has 18 heavy (non-hydrogen) atoms. The van der Waals surface area contributed by atoms with Gasteiger partial charge in [0.25, 0.3) is 5.91 Å². The van der Waals surface area contributed by atoms with E-state index in [-0.39, 0.29) is 0 Å². The van der Waals surface area contributed by atoms with Gasteiger partial charge in [-0.2, -0.15) is 18.2 Å². The van der Waals surface area contributed by atoms with Crippen molar-refractivity contribution in [1.29, 1.82) is 0 Å². The Labute approximate surface area is 111 Å². The molecule has 0 bridgehead atoms. The highest BCUT2D eigenvalue weighted by Gasteiger charge is 2.35. The van der Waals surface area contributed by atoms with E-state index in [1.807, 2.05) is 0 Å². The Morgan fingerprint density at radius 1 is 1.50 bits per heavy atom. The van der Waals surface area contributed by atoms with Crippen molar-refractivity contribution in [2.75, 3.05) is 5.32 Å². The number of carbonyl (C=O) groups is 1. The number of nitrogens with one attached hydrogen (secondary N) is 2. The number of thiophene rings is 1. The topological polar surface area (TPSA) is 70.7 Å². The molecule has 0 fully saturated rings. The van der Waals surface area contributed by atoms with Gasteiger partial charge in [0.2, 0.25) is 11.8 Å². The van der Waals surface area contributed by atoms with E-state index < -0.39 is 23.9 Å². The summed E-state index contributed by atoms with van der Waals surface area (Å²) >= 11 is 4.45. The molecule has 0 spiro atoms. The van der Waals surface area contributed by atoms with Gasteiger partial charge in [0, 0.05) is 5.38 Å². The SMILES string of the molecule is O=C(Nc1n[nH]c(C(F)(F)F)n1)c1csc(Br)c1. The van der Waals surface area contributed by atoms with Crippen LogP contribution in [0.4, 0.5) is 19.1 Å². The number of hydrogen-bond donors (Lipinski definition) is 2. The summed E-state index contributed by atoms with van der Waals surface area (Å²) in [6.07, 6.45) is -4.62. The molecule has 10 heteroatoms. The van der Waals surface area contributed by atoms with E-state index in [0.29, 0.717) is 5.56 Å². The highest BCUT2D eigenvalue weighted by atomic mass is 79.9. The molecule has 0 aromatic carbocycles. The molecule has 0 radical (unpaired) electrons. The molecule has 0 aliphatic rings. The standard InChI is InChI=1S/C8H4BrF3N4OS/c9-4-1-3(2-18-4)5(17)13-7-14-6(15-16-7)8(10,11)12/h1-2H,(H2,13,14,15,16,17). The number of hydrogen-bond acceptors (Lipinski definition) is 4. The third-order valence-corrected chi connectivity index (χ3v) is 3.31. The van der Waals surface area contributed by atoms with Crippen LogP contribution in [0.25, 0.3) is 0 Å². The average Bonchev–Trinajstić information content (AvgIpc) is 2.85. The molecule has 0 aliphatic heterocycles. The van der Waals surface area contributed by atoms with Crippen molar-refractivity contribution >= 4 is 39.1 Å². The summed E-state index contributed by atoms with van der Waals surface area (Å²) in [6.45, 7) is 0. The second kappa shape index (κ2) is 4.69. The summed E-state index contributed by atoms with van der Waals surface area (Å²) in [7, 11) is 0. The van der Waals surface area contributed by atoms with Crippen LogP contribution in [0.5, 0.6) is 0 Å². The van der Waals surface area contributed by atoms with Crippen LogP contribution in [0.2, 0.25) is 0 Å². The zero-order chi connectivity index (χ0) is 13.3. The zero-order valence-corrected chi connectivity index (χ0v) is 10.8. The molecule has 0 saturated heterocycles. The first-order valence-corrected chi connectivity index (χ1v) is 6.08. The number of carbonyl (C=O) groups excluding carboxylic acids is 1. The molecule has 0 saturated carbocycles. The van der Waals surface area contributed by atoms with E-state index in [1.54, 1.807) is 10.5 Å². The van der Waals surface area contributed by atoms with Gasteiger partial charge >= 0.3 is 6.18 Å². The number of amides is 1. The first kappa shape index (κ1) is 13.0. The highest BCUT2D eigenvalue weighted by molar-refractivity contribution is 9.11. The normalized spacial score (nSPS) is 11.6. The number of H-pyrrole nitrogens is 1. The minimum absolute atomic E-state index is 0.310. The highest BCUT2D eigenvalue weighted by Crippen LogP contribution is 2.26. The van der Waals surface area contributed by atoms with Crippen molar-refractivity contribution in [1.82, 2.24) is 15.2 Å². The third-order valence-electron chi connectivity index (χ3n) is 1.81. The van der Waals surface area contributed by atoms with Gasteiger partial charge in [0.05, 0.1) is 9.35 Å². The molecular formula is C8H4BrF3N4OS. The minimum Gasteiger partial charge on any atom is -0.289 e. The Morgan fingerprint density at radius 3 is 2.72 bits per heavy atom. The summed E-state index contributed by atoms with van der Waals surface area (Å²) in [5.74, 6) is -2.26. The monoisotopic (exact) mass is 340 g/mol. The molecule has 0 unspecified atom stereocenters. The molecule has 0 aliphatic carbocycles. The molecule has 2 rings (SSSR count). The van der Waals surface area contributed by atoms with Gasteiger partial charge in [-0.3, -0.25) is 15.2 Å². The van der Waals surface area contributed by atoms with Gasteiger partial charge < -0.3 is 0 Å². The van der Waals surface area contributed by atoms with Crippen LogP contribution in [-0.4, -0.2) is 21.1 Å². The lowest BCUT2D eigenvalue weighted by Crippen LogP contribution is -2.12. The number of aromatic amines is 1. The van der Waals surface area contributed by atoms with Gasteiger partial charge in [-0.05, 0) is 22.0 Å². The largest absolute Gasteiger partial charge is 0.451 e. The maximum Gasteiger partial charge on any atom is 0.451 e. The lowest BCUT2D eigenvalue weighted by Gasteiger charge is -1.99. The molecule has 2 aromatic heterocycles. The van der Waals surface area contributed by atoms with Crippen LogP contribution < -0.4 is 5.32 Å². The van der Waals surface area contributed by atoms with Crippen molar-refractivity contribution in [3.8, 4) is 0 Å². The maximum atomic E-state index is 12.2. The molecular weight excluding hydrogens is 337 g/mol. The smallest absolute Gasteiger partial charge is 0.289 e. The number of alkyl halides is 3. The molecule has 2 N–H and O–H groups in total. The minimum atomic E-state index is -4.62. The second-order valence-electron chi connectivity index (χ2n) is 3.10. The Hall–Kier alpha value is -1.42. The van der Waals surface area contributed by atoms with E-state index in [1.165, 1.54) is 17.4 Å². The van der Waals surface area contributed by atoms with E-state index >= 15 is 0 Å². The number of anilines is 1. The average molecular weight is 341 g/mol. The van der Waals surface area contributed by atoms with Crippen LogP contribution in [0.1, 0.15) is 16.2 Å². The molecule has 96 valence electrons. The van der Waals surface area contributed by atoms with Gasteiger partial charge in [-0.1, -0.05) is 0 Å². The first-order chi connectivity index (χ1) is 8.36. The van der Waals surface area contributed by atoms with Crippen molar-refractivity contribution in [3.05, 3.63) is 26.6 Å². The molecule has 2 heterocycles. The van der Waals surface area contributed by atoms with Crippen LogP contribution >= 0.6 is 27.3 Å². The van der Waals surface area contributed by atoms with E-state index in [4.69, 9.17) is 0 Å². The predicted molar refractivity (Wildman–Crippen MR) is 61.4 cm³/mol. The summed E-state index contributed by atoms with van der Waals surface area (Å²) in [5, 5.41) is 8.67. The van der Waals surface area contributed by atoms with Gasteiger partial charge in [0.1, 0.15) is 0 Å². The Bertz CT molecular complexity index is 579. The lowest BCUT2D eigenvalue weighted by molar-refractivity contribution is -0.144. The van der Waals surface area contributed by atoms with Crippen LogP contribution in [0.3, 0.4) is 0 Å². The lowest BCUT2D eigenvalue weighted by atomic mass is 10.3. The molecule has 2 aromatic rings. The van der Waals surface area contributed by atoms with E-state index in [2.05, 4.69) is 31.3 Å². The number of rotatable bonds is 2. The van der Waals surface area contributed by atoms with Crippen LogP contribution in [0.15, 0.2) is 15.2 Å². The summed E-state index contributed by atoms with van der Waals surface area (Å²) < 4.78 is 37.4. The fourth-order valence-corrected chi connectivity index (χ4v) is 2.18. The molecule has 1 amide bonds. The van der Waals surface area contributed by atoms with E-state index in [9.17, 15) is 18.0 Å². The summed E-state index contributed by atoms with van der Waals surface area (Å²) in [4.78, 5) is 14.7.